The molecule has 2 aromatic carbocycles. The first-order valence-corrected chi connectivity index (χ1v) is 10.0. The first-order valence-electron chi connectivity index (χ1n) is 10.0. The number of pyridine rings is 1. The third-order valence-electron chi connectivity index (χ3n) is 5.55. The molecule has 4 rings (SSSR count). The maximum Gasteiger partial charge on any atom is 0.416 e. The predicted molar refractivity (Wildman–Crippen MR) is 110 cm³/mol. The van der Waals surface area contributed by atoms with Crippen LogP contribution in [-0.2, 0) is 12.7 Å². The number of hydrogen-bond donors (Lipinski definition) is 1. The van der Waals surface area contributed by atoms with Gasteiger partial charge in [-0.05, 0) is 55.2 Å². The fourth-order valence-corrected chi connectivity index (χ4v) is 3.89. The number of fused-ring (bicyclic) bond motifs is 1. The standard InChI is InChI=1S/C23H21F4N3O/c1-14-18-9-6-16(23(25,26)27)12-19(18)29-21(30-10-2-3-11-30)20(14)22(31)28-13-15-4-7-17(24)8-5-15/h4-9,12H,2-3,10-11,13H2,1H3,(H,28,31). The fraction of sp³-hybridized carbons (Fsp3) is 0.304. The Morgan fingerprint density at radius 1 is 1.10 bits per heavy atom. The van der Waals surface area contributed by atoms with E-state index in [1.165, 1.54) is 18.2 Å². The van der Waals surface area contributed by atoms with Crippen LogP contribution in [0, 0.1) is 12.7 Å². The molecule has 31 heavy (non-hydrogen) atoms. The van der Waals surface area contributed by atoms with Crippen molar-refractivity contribution >= 4 is 22.6 Å². The lowest BCUT2D eigenvalue weighted by molar-refractivity contribution is -0.137. The Morgan fingerprint density at radius 3 is 2.42 bits per heavy atom. The van der Waals surface area contributed by atoms with Gasteiger partial charge in [0.05, 0.1) is 16.6 Å². The zero-order valence-electron chi connectivity index (χ0n) is 16.9. The number of hydrogen-bond acceptors (Lipinski definition) is 3. The van der Waals surface area contributed by atoms with Gasteiger partial charge in [-0.3, -0.25) is 4.79 Å². The summed E-state index contributed by atoms with van der Waals surface area (Å²) in [7, 11) is 0. The first-order chi connectivity index (χ1) is 14.7. The summed E-state index contributed by atoms with van der Waals surface area (Å²) in [6.45, 7) is 3.30. The van der Waals surface area contributed by atoms with Crippen LogP contribution in [0.25, 0.3) is 10.9 Å². The van der Waals surface area contributed by atoms with E-state index in [0.717, 1.165) is 30.5 Å². The van der Waals surface area contributed by atoms with E-state index in [1.807, 2.05) is 4.90 Å². The van der Waals surface area contributed by atoms with Crippen LogP contribution < -0.4 is 10.2 Å². The van der Waals surface area contributed by atoms with E-state index in [0.29, 0.717) is 35.4 Å². The van der Waals surface area contributed by atoms with Gasteiger partial charge in [-0.1, -0.05) is 18.2 Å². The zero-order valence-corrected chi connectivity index (χ0v) is 16.9. The molecule has 0 saturated carbocycles. The molecule has 0 unspecified atom stereocenters. The monoisotopic (exact) mass is 431 g/mol. The van der Waals surface area contributed by atoms with Crippen LogP contribution in [0.15, 0.2) is 42.5 Å². The van der Waals surface area contributed by atoms with Gasteiger partial charge in [-0.25, -0.2) is 9.37 Å². The smallest absolute Gasteiger partial charge is 0.356 e. The average Bonchev–Trinajstić information content (AvgIpc) is 3.27. The van der Waals surface area contributed by atoms with Gasteiger partial charge >= 0.3 is 6.18 Å². The van der Waals surface area contributed by atoms with Gasteiger partial charge in [0.1, 0.15) is 11.6 Å². The summed E-state index contributed by atoms with van der Waals surface area (Å²) in [4.78, 5) is 19.6. The van der Waals surface area contributed by atoms with E-state index >= 15 is 0 Å². The number of carbonyl (C=O) groups excluding carboxylic acids is 1. The number of anilines is 1. The van der Waals surface area contributed by atoms with Gasteiger partial charge in [0.15, 0.2) is 0 Å². The molecule has 0 spiro atoms. The second-order valence-electron chi connectivity index (χ2n) is 7.67. The third kappa shape index (κ3) is 4.33. The van der Waals surface area contributed by atoms with Crippen LogP contribution in [0.2, 0.25) is 0 Å². The molecular weight excluding hydrogens is 410 g/mol. The molecule has 0 bridgehead atoms. The molecule has 8 heteroatoms. The highest BCUT2D eigenvalue weighted by Gasteiger charge is 2.31. The first kappa shape index (κ1) is 21.1. The number of aromatic nitrogens is 1. The van der Waals surface area contributed by atoms with E-state index in [4.69, 9.17) is 0 Å². The molecule has 2 heterocycles. The molecule has 1 aromatic heterocycles. The minimum absolute atomic E-state index is 0.197. The van der Waals surface area contributed by atoms with Crippen LogP contribution in [-0.4, -0.2) is 24.0 Å². The Kier molecular flexibility index (Phi) is 5.56. The zero-order chi connectivity index (χ0) is 22.2. The quantitative estimate of drug-likeness (QED) is 0.576. The van der Waals surface area contributed by atoms with E-state index in [9.17, 15) is 22.4 Å². The van der Waals surface area contributed by atoms with Crippen molar-refractivity contribution in [2.24, 2.45) is 0 Å². The summed E-state index contributed by atoms with van der Waals surface area (Å²) in [6.07, 6.45) is -2.61. The molecule has 1 aliphatic rings. The highest BCUT2D eigenvalue weighted by atomic mass is 19.4. The van der Waals surface area contributed by atoms with Crippen molar-refractivity contribution in [3.63, 3.8) is 0 Å². The summed E-state index contributed by atoms with van der Waals surface area (Å²) in [5, 5.41) is 3.33. The number of nitrogens with zero attached hydrogens (tertiary/aromatic N) is 2. The minimum atomic E-state index is -4.47. The Labute approximate surface area is 176 Å². The van der Waals surface area contributed by atoms with E-state index in [2.05, 4.69) is 10.3 Å². The van der Waals surface area contributed by atoms with Gasteiger partial charge in [-0.15, -0.1) is 0 Å². The summed E-state index contributed by atoms with van der Waals surface area (Å²) in [6, 6.07) is 9.21. The molecule has 0 atom stereocenters. The highest BCUT2D eigenvalue weighted by Crippen LogP contribution is 2.35. The number of nitrogens with one attached hydrogen (secondary N) is 1. The number of rotatable bonds is 4. The molecule has 1 aliphatic heterocycles. The maximum atomic E-state index is 13.2. The number of benzene rings is 2. The van der Waals surface area contributed by atoms with Crippen LogP contribution in [0.4, 0.5) is 23.4 Å². The largest absolute Gasteiger partial charge is 0.416 e. The van der Waals surface area contributed by atoms with Gasteiger partial charge in [0.2, 0.25) is 0 Å². The maximum absolute atomic E-state index is 13.2. The number of amides is 1. The van der Waals surface area contributed by atoms with Crippen LogP contribution in [0.5, 0.6) is 0 Å². The second-order valence-corrected chi connectivity index (χ2v) is 7.67. The Morgan fingerprint density at radius 2 is 1.77 bits per heavy atom. The highest BCUT2D eigenvalue weighted by molar-refractivity contribution is 6.05. The molecule has 0 radical (unpaired) electrons. The number of carbonyl (C=O) groups is 1. The molecular formula is C23H21F4N3O. The molecule has 3 aromatic rings. The molecule has 1 fully saturated rings. The van der Waals surface area contributed by atoms with Crippen molar-refractivity contribution in [1.29, 1.82) is 0 Å². The summed E-state index contributed by atoms with van der Waals surface area (Å²) in [5.74, 6) is -0.323. The van der Waals surface area contributed by atoms with Crippen LogP contribution in [0.1, 0.15) is 39.9 Å². The van der Waals surface area contributed by atoms with Crippen LogP contribution >= 0.6 is 0 Å². The predicted octanol–water partition coefficient (Wildman–Crippen LogP) is 5.23. The average molecular weight is 431 g/mol. The lowest BCUT2D eigenvalue weighted by atomic mass is 10.0. The second kappa shape index (κ2) is 8.17. The Bertz CT molecular complexity index is 1120. The van der Waals surface area contributed by atoms with Crippen molar-refractivity contribution in [2.45, 2.75) is 32.5 Å². The van der Waals surface area contributed by atoms with Crippen molar-refractivity contribution in [2.75, 3.05) is 18.0 Å². The third-order valence-corrected chi connectivity index (χ3v) is 5.55. The topological polar surface area (TPSA) is 45.2 Å². The Hall–Kier alpha value is -3.16. The fourth-order valence-electron chi connectivity index (χ4n) is 3.89. The summed E-state index contributed by atoms with van der Waals surface area (Å²) < 4.78 is 52.7. The molecule has 1 saturated heterocycles. The van der Waals surface area contributed by atoms with E-state index < -0.39 is 11.7 Å². The van der Waals surface area contributed by atoms with E-state index in [1.54, 1.807) is 19.1 Å². The Balaban J connectivity index is 1.74. The number of aryl methyl sites for hydroxylation is 1. The van der Waals surface area contributed by atoms with E-state index in [-0.39, 0.29) is 23.8 Å². The van der Waals surface area contributed by atoms with Crippen LogP contribution in [0.3, 0.4) is 0 Å². The normalized spacial score (nSPS) is 14.3. The molecule has 0 aliphatic carbocycles. The van der Waals surface area contributed by atoms with Gasteiger partial charge in [0, 0.05) is 25.0 Å². The van der Waals surface area contributed by atoms with Gasteiger partial charge in [-0.2, -0.15) is 13.2 Å². The molecule has 1 N–H and O–H groups in total. The molecule has 1 amide bonds. The summed E-state index contributed by atoms with van der Waals surface area (Å²) in [5.41, 5.74) is 1.12. The lowest BCUT2D eigenvalue weighted by Gasteiger charge is -2.23. The lowest BCUT2D eigenvalue weighted by Crippen LogP contribution is -2.29. The van der Waals surface area contributed by atoms with Crippen molar-refractivity contribution in [3.05, 3.63) is 70.5 Å². The van der Waals surface area contributed by atoms with Gasteiger partial charge in [0.25, 0.3) is 5.91 Å². The molecule has 4 nitrogen and oxygen atoms in total. The molecule has 162 valence electrons. The van der Waals surface area contributed by atoms with Crippen molar-refractivity contribution in [1.82, 2.24) is 10.3 Å². The summed E-state index contributed by atoms with van der Waals surface area (Å²) >= 11 is 0. The van der Waals surface area contributed by atoms with Gasteiger partial charge < -0.3 is 10.2 Å². The van der Waals surface area contributed by atoms with Crippen molar-refractivity contribution in [3.8, 4) is 0 Å². The number of halogens is 4. The van der Waals surface area contributed by atoms with Crippen molar-refractivity contribution < 1.29 is 22.4 Å². The number of alkyl halides is 3. The SMILES string of the molecule is Cc1c(C(=O)NCc2ccc(F)cc2)c(N2CCCC2)nc2cc(C(F)(F)F)ccc12. The minimum Gasteiger partial charge on any atom is -0.356 e.